The van der Waals surface area contributed by atoms with Crippen molar-refractivity contribution in [1.82, 2.24) is 14.1 Å². The number of rotatable bonds is 6. The number of aryl methyl sites for hydroxylation is 1. The largest absolute Gasteiger partial charge is 0.339 e. The minimum Gasteiger partial charge on any atom is -0.339 e. The highest BCUT2D eigenvalue weighted by atomic mass is 32.2. The molecular formula is C17H26FN3O3S. The number of carbonyl (C=O) groups is 1. The van der Waals surface area contributed by atoms with E-state index in [0.717, 1.165) is 19.2 Å². The number of nitrogens with zero attached hydrogens (tertiary/aromatic N) is 3. The first-order valence-corrected chi connectivity index (χ1v) is 9.99. The summed E-state index contributed by atoms with van der Waals surface area (Å²) in [4.78, 5) is 16.0. The number of hydrogen-bond acceptors (Lipinski definition) is 4. The molecule has 0 saturated carbocycles. The van der Waals surface area contributed by atoms with Crippen LogP contribution < -0.4 is 0 Å². The maximum absolute atomic E-state index is 13.5. The fourth-order valence-corrected chi connectivity index (χ4v) is 4.46. The summed E-state index contributed by atoms with van der Waals surface area (Å²) in [6, 6.07) is 3.80. The highest BCUT2D eigenvalue weighted by Gasteiger charge is 2.30. The van der Waals surface area contributed by atoms with Crippen LogP contribution in [0.3, 0.4) is 0 Å². The van der Waals surface area contributed by atoms with E-state index >= 15 is 0 Å². The highest BCUT2D eigenvalue weighted by Crippen LogP contribution is 2.20. The van der Waals surface area contributed by atoms with Gasteiger partial charge in [0.2, 0.25) is 15.9 Å². The monoisotopic (exact) mass is 371 g/mol. The van der Waals surface area contributed by atoms with Crippen molar-refractivity contribution in [3.8, 4) is 0 Å². The summed E-state index contributed by atoms with van der Waals surface area (Å²) in [5.74, 6) is -0.547. The molecule has 0 N–H and O–H groups in total. The Morgan fingerprint density at radius 1 is 1.12 bits per heavy atom. The Bertz CT molecular complexity index is 692. The predicted octanol–water partition coefficient (Wildman–Crippen LogP) is 1.31. The first kappa shape index (κ1) is 19.8. The fraction of sp³-hybridized carbons (Fsp3) is 0.588. The van der Waals surface area contributed by atoms with Gasteiger partial charge in [-0.2, -0.15) is 4.31 Å². The molecule has 6 nitrogen and oxygen atoms in total. The van der Waals surface area contributed by atoms with Crippen LogP contribution in [0.4, 0.5) is 4.39 Å². The van der Waals surface area contributed by atoms with E-state index in [-0.39, 0.29) is 23.9 Å². The number of carbonyl (C=O) groups excluding carboxylic acids is 1. The van der Waals surface area contributed by atoms with Gasteiger partial charge in [0.05, 0.1) is 11.4 Å². The molecule has 0 unspecified atom stereocenters. The summed E-state index contributed by atoms with van der Waals surface area (Å²) in [6.45, 7) is 8.77. The number of likely N-dealkylation sites (N-methyl/N-ethyl adjacent to an activating group) is 1. The van der Waals surface area contributed by atoms with Gasteiger partial charge in [-0.05, 0) is 43.8 Å². The van der Waals surface area contributed by atoms with E-state index in [0.29, 0.717) is 25.2 Å². The molecule has 2 rings (SSSR count). The van der Waals surface area contributed by atoms with E-state index in [2.05, 4.69) is 0 Å². The van der Waals surface area contributed by atoms with Gasteiger partial charge >= 0.3 is 0 Å². The van der Waals surface area contributed by atoms with Crippen LogP contribution in [0.15, 0.2) is 23.1 Å². The second-order valence-corrected chi connectivity index (χ2v) is 8.15. The molecule has 0 aliphatic carbocycles. The Balaban J connectivity index is 2.02. The number of halogens is 1. The number of piperazine rings is 1. The smallest absolute Gasteiger partial charge is 0.243 e. The lowest BCUT2D eigenvalue weighted by Crippen LogP contribution is -2.52. The molecule has 1 aliphatic heterocycles. The number of sulfonamides is 1. The van der Waals surface area contributed by atoms with Crippen LogP contribution in [-0.2, 0) is 14.8 Å². The molecule has 0 aromatic heterocycles. The van der Waals surface area contributed by atoms with Gasteiger partial charge in [-0.25, -0.2) is 12.8 Å². The van der Waals surface area contributed by atoms with Gasteiger partial charge in [0.15, 0.2) is 0 Å². The fourth-order valence-electron chi connectivity index (χ4n) is 2.92. The van der Waals surface area contributed by atoms with E-state index in [1.807, 2.05) is 18.7 Å². The van der Waals surface area contributed by atoms with Gasteiger partial charge in [-0.15, -0.1) is 0 Å². The second kappa shape index (κ2) is 8.25. The Kier molecular flexibility index (Phi) is 6.53. The lowest BCUT2D eigenvalue weighted by atomic mass is 10.2. The minimum absolute atomic E-state index is 0.0161. The summed E-state index contributed by atoms with van der Waals surface area (Å²) in [5, 5.41) is 0. The number of benzene rings is 1. The second-order valence-electron chi connectivity index (χ2n) is 6.21. The Morgan fingerprint density at radius 3 is 2.24 bits per heavy atom. The first-order valence-electron chi connectivity index (χ1n) is 8.55. The zero-order valence-electron chi connectivity index (χ0n) is 15.0. The summed E-state index contributed by atoms with van der Waals surface area (Å²) >= 11 is 0. The average molecular weight is 371 g/mol. The zero-order chi connectivity index (χ0) is 18.6. The van der Waals surface area contributed by atoms with Crippen LogP contribution in [0.5, 0.6) is 0 Å². The number of amides is 1. The molecule has 0 radical (unpaired) electrons. The van der Waals surface area contributed by atoms with E-state index in [9.17, 15) is 17.6 Å². The quantitative estimate of drug-likeness (QED) is 0.756. The van der Waals surface area contributed by atoms with Crippen LogP contribution in [-0.4, -0.2) is 74.2 Å². The van der Waals surface area contributed by atoms with Crippen molar-refractivity contribution in [3.63, 3.8) is 0 Å². The van der Waals surface area contributed by atoms with E-state index in [4.69, 9.17) is 0 Å². The molecule has 0 atom stereocenters. The third-order valence-corrected chi connectivity index (χ3v) is 6.37. The van der Waals surface area contributed by atoms with Crippen molar-refractivity contribution >= 4 is 15.9 Å². The molecule has 0 spiro atoms. The third kappa shape index (κ3) is 4.77. The van der Waals surface area contributed by atoms with Crippen LogP contribution in [0.2, 0.25) is 0 Å². The number of hydrogen-bond donors (Lipinski definition) is 0. The van der Waals surface area contributed by atoms with Crippen LogP contribution in [0, 0.1) is 12.7 Å². The van der Waals surface area contributed by atoms with Crippen LogP contribution >= 0.6 is 0 Å². The van der Waals surface area contributed by atoms with Crippen LogP contribution in [0.25, 0.3) is 0 Å². The molecule has 1 amide bonds. The van der Waals surface area contributed by atoms with Crippen molar-refractivity contribution < 1.29 is 17.6 Å². The lowest BCUT2D eigenvalue weighted by Gasteiger charge is -2.35. The topological polar surface area (TPSA) is 60.9 Å². The molecule has 1 fully saturated rings. The molecule has 8 heteroatoms. The molecule has 1 aromatic rings. The van der Waals surface area contributed by atoms with E-state index in [1.165, 1.54) is 16.4 Å². The predicted molar refractivity (Wildman–Crippen MR) is 94.3 cm³/mol. The van der Waals surface area contributed by atoms with Gasteiger partial charge in [-0.3, -0.25) is 9.69 Å². The van der Waals surface area contributed by atoms with Gasteiger partial charge in [0, 0.05) is 26.2 Å². The molecular weight excluding hydrogens is 345 g/mol. The molecule has 0 bridgehead atoms. The molecule has 1 aromatic carbocycles. The molecule has 1 saturated heterocycles. The van der Waals surface area contributed by atoms with Crippen LogP contribution in [0.1, 0.15) is 19.4 Å². The van der Waals surface area contributed by atoms with Gasteiger partial charge in [0.25, 0.3) is 0 Å². The first-order chi connectivity index (χ1) is 11.8. The van der Waals surface area contributed by atoms with E-state index in [1.54, 1.807) is 11.8 Å². The SMILES string of the molecule is CCN(CC)CC(=O)N1CCN(S(=O)(=O)c2cc(C)cc(F)c2)CC1. The van der Waals surface area contributed by atoms with Crippen molar-refractivity contribution in [2.45, 2.75) is 25.7 Å². The Labute approximate surface area is 149 Å². The van der Waals surface area contributed by atoms with Crippen molar-refractivity contribution in [3.05, 3.63) is 29.6 Å². The minimum atomic E-state index is -3.74. The van der Waals surface area contributed by atoms with Crippen molar-refractivity contribution in [2.24, 2.45) is 0 Å². The van der Waals surface area contributed by atoms with Crippen molar-refractivity contribution in [2.75, 3.05) is 45.8 Å². The summed E-state index contributed by atoms with van der Waals surface area (Å²) in [5.41, 5.74) is 0.562. The normalized spacial score (nSPS) is 16.4. The summed E-state index contributed by atoms with van der Waals surface area (Å²) in [7, 11) is -3.74. The molecule has 1 heterocycles. The molecule has 140 valence electrons. The summed E-state index contributed by atoms with van der Waals surface area (Å²) < 4.78 is 40.2. The summed E-state index contributed by atoms with van der Waals surface area (Å²) in [6.07, 6.45) is 0. The molecule has 1 aliphatic rings. The Hall–Kier alpha value is -1.51. The zero-order valence-corrected chi connectivity index (χ0v) is 15.9. The maximum atomic E-state index is 13.5. The molecule has 25 heavy (non-hydrogen) atoms. The average Bonchev–Trinajstić information content (AvgIpc) is 2.58. The highest BCUT2D eigenvalue weighted by molar-refractivity contribution is 7.89. The maximum Gasteiger partial charge on any atom is 0.243 e. The Morgan fingerprint density at radius 2 is 1.72 bits per heavy atom. The standard InChI is InChI=1S/C17H26FN3O3S/c1-4-19(5-2)13-17(22)20-6-8-21(9-7-20)25(23,24)16-11-14(3)10-15(18)12-16/h10-12H,4-9,13H2,1-3H3. The lowest BCUT2D eigenvalue weighted by molar-refractivity contribution is -0.133. The van der Waals surface area contributed by atoms with Gasteiger partial charge in [0.1, 0.15) is 5.82 Å². The van der Waals surface area contributed by atoms with Crippen molar-refractivity contribution in [1.29, 1.82) is 0 Å². The third-order valence-electron chi connectivity index (χ3n) is 4.50. The van der Waals surface area contributed by atoms with Gasteiger partial charge < -0.3 is 4.90 Å². The van der Waals surface area contributed by atoms with E-state index < -0.39 is 15.8 Å². The van der Waals surface area contributed by atoms with Gasteiger partial charge in [-0.1, -0.05) is 13.8 Å².